The van der Waals surface area contributed by atoms with Crippen molar-refractivity contribution in [2.24, 2.45) is 0 Å². The van der Waals surface area contributed by atoms with E-state index in [4.69, 9.17) is 21.4 Å². The van der Waals surface area contributed by atoms with E-state index < -0.39 is 0 Å². The molecule has 102 valence electrons. The van der Waals surface area contributed by atoms with Crippen molar-refractivity contribution in [2.45, 2.75) is 32.7 Å². The molecule has 3 nitrogen and oxygen atoms in total. The second-order valence-electron chi connectivity index (χ2n) is 4.38. The quantitative estimate of drug-likeness (QED) is 0.764. The van der Waals surface area contributed by atoms with Gasteiger partial charge in [-0.2, -0.15) is 0 Å². The van der Waals surface area contributed by atoms with E-state index in [2.05, 4.69) is 12.2 Å². The maximum atomic E-state index is 9.02. The molecule has 0 heterocycles. The van der Waals surface area contributed by atoms with Crippen LogP contribution in [0, 0.1) is 6.92 Å². The summed E-state index contributed by atoms with van der Waals surface area (Å²) in [5, 5.41) is 13.0. The van der Waals surface area contributed by atoms with Gasteiger partial charge >= 0.3 is 0 Å². The van der Waals surface area contributed by atoms with E-state index in [9.17, 15) is 0 Å². The molecule has 0 radical (unpaired) electrons. The van der Waals surface area contributed by atoms with Crippen LogP contribution in [-0.2, 0) is 0 Å². The largest absolute Gasteiger partial charge is 0.492 e. The molecule has 0 aromatic heterocycles. The number of aliphatic hydroxyl groups excluding tert-OH is 1. The summed E-state index contributed by atoms with van der Waals surface area (Å²) in [6.07, 6.45) is 1.76. The molecule has 18 heavy (non-hydrogen) atoms. The summed E-state index contributed by atoms with van der Waals surface area (Å²) >= 11 is 5.94. The molecule has 0 aliphatic heterocycles. The van der Waals surface area contributed by atoms with E-state index in [1.165, 1.54) is 0 Å². The van der Waals surface area contributed by atoms with Crippen LogP contribution in [0.1, 0.15) is 25.3 Å². The number of halogens is 1. The van der Waals surface area contributed by atoms with Gasteiger partial charge in [0.15, 0.2) is 0 Å². The number of hydrogen-bond acceptors (Lipinski definition) is 3. The number of aryl methyl sites for hydroxylation is 1. The number of ether oxygens (including phenoxy) is 1. The van der Waals surface area contributed by atoms with Gasteiger partial charge in [-0.1, -0.05) is 24.6 Å². The lowest BCUT2D eigenvalue weighted by Gasteiger charge is -2.19. The van der Waals surface area contributed by atoms with Gasteiger partial charge in [0, 0.05) is 17.7 Å². The Morgan fingerprint density at radius 2 is 2.22 bits per heavy atom. The fourth-order valence-corrected chi connectivity index (χ4v) is 1.83. The maximum Gasteiger partial charge on any atom is 0.123 e. The van der Waals surface area contributed by atoms with Crippen molar-refractivity contribution in [3.05, 3.63) is 28.8 Å². The van der Waals surface area contributed by atoms with Crippen LogP contribution in [0.4, 0.5) is 0 Å². The van der Waals surface area contributed by atoms with Crippen LogP contribution in [0.5, 0.6) is 5.75 Å². The molecule has 0 aliphatic carbocycles. The molecule has 1 aromatic rings. The van der Waals surface area contributed by atoms with E-state index in [1.807, 2.05) is 25.1 Å². The minimum Gasteiger partial charge on any atom is -0.492 e. The van der Waals surface area contributed by atoms with Gasteiger partial charge in [-0.3, -0.25) is 0 Å². The van der Waals surface area contributed by atoms with Crippen LogP contribution in [0.2, 0.25) is 5.02 Å². The normalized spacial score (nSPS) is 12.4. The molecule has 1 unspecified atom stereocenters. The third-order valence-electron chi connectivity index (χ3n) is 2.75. The first-order chi connectivity index (χ1) is 8.67. The van der Waals surface area contributed by atoms with Crippen molar-refractivity contribution in [2.75, 3.05) is 19.8 Å². The smallest absolute Gasteiger partial charge is 0.123 e. The molecule has 0 bridgehead atoms. The molecule has 0 saturated heterocycles. The average molecular weight is 272 g/mol. The highest BCUT2D eigenvalue weighted by molar-refractivity contribution is 6.30. The zero-order chi connectivity index (χ0) is 13.4. The van der Waals surface area contributed by atoms with Gasteiger partial charge in [0.1, 0.15) is 12.4 Å². The molecule has 1 aromatic carbocycles. The molecule has 0 aliphatic rings. The predicted octanol–water partition coefficient (Wildman–Crippen LogP) is 2.78. The lowest BCUT2D eigenvalue weighted by Crippen LogP contribution is -2.36. The molecule has 0 amide bonds. The third kappa shape index (κ3) is 5.25. The summed E-state index contributed by atoms with van der Waals surface area (Å²) in [4.78, 5) is 0. The van der Waals surface area contributed by atoms with Crippen LogP contribution < -0.4 is 10.1 Å². The molecule has 0 spiro atoms. The van der Waals surface area contributed by atoms with Crippen molar-refractivity contribution in [1.82, 2.24) is 5.32 Å². The Kier molecular flexibility index (Phi) is 7.09. The highest BCUT2D eigenvalue weighted by atomic mass is 35.5. The lowest BCUT2D eigenvalue weighted by molar-refractivity contribution is 0.213. The van der Waals surface area contributed by atoms with Crippen molar-refractivity contribution in [3.63, 3.8) is 0 Å². The number of rotatable bonds is 8. The summed E-state index contributed by atoms with van der Waals surface area (Å²) in [5.74, 6) is 0.809. The Bertz CT molecular complexity index is 358. The Morgan fingerprint density at radius 3 is 2.89 bits per heavy atom. The Morgan fingerprint density at radius 1 is 1.44 bits per heavy atom. The number of aliphatic hydroxyl groups is 1. The zero-order valence-electron chi connectivity index (χ0n) is 11.1. The third-order valence-corrected chi connectivity index (χ3v) is 2.99. The van der Waals surface area contributed by atoms with Gasteiger partial charge in [0.05, 0.1) is 0 Å². The summed E-state index contributed by atoms with van der Waals surface area (Å²) in [6, 6.07) is 5.79. The monoisotopic (exact) mass is 271 g/mol. The SMILES string of the molecule is CCCNC(CCO)COc1cc(Cl)ccc1C. The first-order valence-corrected chi connectivity index (χ1v) is 6.78. The zero-order valence-corrected chi connectivity index (χ0v) is 11.8. The van der Waals surface area contributed by atoms with Crippen LogP contribution in [0.3, 0.4) is 0 Å². The Hall–Kier alpha value is -0.770. The first-order valence-electron chi connectivity index (χ1n) is 6.40. The molecular weight excluding hydrogens is 250 g/mol. The highest BCUT2D eigenvalue weighted by Crippen LogP contribution is 2.22. The fourth-order valence-electron chi connectivity index (χ4n) is 1.67. The Balaban J connectivity index is 2.52. The molecule has 1 rings (SSSR count). The van der Waals surface area contributed by atoms with Gasteiger partial charge in [0.25, 0.3) is 0 Å². The van der Waals surface area contributed by atoms with Crippen LogP contribution in [0.15, 0.2) is 18.2 Å². The van der Waals surface area contributed by atoms with E-state index in [0.717, 1.165) is 24.3 Å². The standard InChI is InChI=1S/C14H22ClNO2/c1-3-7-16-13(6-8-17)10-18-14-9-12(15)5-4-11(14)2/h4-5,9,13,16-17H,3,6-8,10H2,1-2H3. The van der Waals surface area contributed by atoms with Crippen LogP contribution in [0.25, 0.3) is 0 Å². The van der Waals surface area contributed by atoms with Crippen molar-refractivity contribution in [3.8, 4) is 5.75 Å². The fraction of sp³-hybridized carbons (Fsp3) is 0.571. The maximum absolute atomic E-state index is 9.02. The van der Waals surface area contributed by atoms with E-state index in [-0.39, 0.29) is 12.6 Å². The summed E-state index contributed by atoms with van der Waals surface area (Å²) < 4.78 is 5.77. The molecule has 2 N–H and O–H groups in total. The summed E-state index contributed by atoms with van der Waals surface area (Å²) in [7, 11) is 0. The van der Waals surface area contributed by atoms with Crippen molar-refractivity contribution >= 4 is 11.6 Å². The summed E-state index contributed by atoms with van der Waals surface area (Å²) in [6.45, 7) is 5.75. The van der Waals surface area contributed by atoms with Gasteiger partial charge in [-0.25, -0.2) is 0 Å². The van der Waals surface area contributed by atoms with Crippen LogP contribution in [-0.4, -0.2) is 30.9 Å². The molecule has 0 saturated carbocycles. The van der Waals surface area contributed by atoms with E-state index >= 15 is 0 Å². The number of hydrogen-bond donors (Lipinski definition) is 2. The molecular formula is C14H22ClNO2. The second kappa shape index (κ2) is 8.35. The van der Waals surface area contributed by atoms with Crippen molar-refractivity contribution < 1.29 is 9.84 Å². The molecule has 1 atom stereocenters. The number of benzene rings is 1. The van der Waals surface area contributed by atoms with Gasteiger partial charge in [-0.15, -0.1) is 0 Å². The average Bonchev–Trinajstić information content (AvgIpc) is 2.36. The van der Waals surface area contributed by atoms with Crippen molar-refractivity contribution in [1.29, 1.82) is 0 Å². The Labute approximate surface area is 114 Å². The molecule has 0 fully saturated rings. The predicted molar refractivity (Wildman–Crippen MR) is 75.5 cm³/mol. The number of nitrogens with one attached hydrogen (secondary N) is 1. The van der Waals surface area contributed by atoms with Crippen LogP contribution >= 0.6 is 11.6 Å². The minimum absolute atomic E-state index is 0.166. The van der Waals surface area contributed by atoms with Gasteiger partial charge in [-0.05, 0) is 44.0 Å². The first kappa shape index (κ1) is 15.3. The highest BCUT2D eigenvalue weighted by Gasteiger charge is 2.09. The lowest BCUT2D eigenvalue weighted by atomic mass is 10.2. The molecule has 4 heteroatoms. The topological polar surface area (TPSA) is 41.5 Å². The van der Waals surface area contributed by atoms with Gasteiger partial charge < -0.3 is 15.2 Å². The van der Waals surface area contributed by atoms with Gasteiger partial charge in [0.2, 0.25) is 0 Å². The van der Waals surface area contributed by atoms with E-state index in [1.54, 1.807) is 0 Å². The summed E-state index contributed by atoms with van der Waals surface area (Å²) in [5.41, 5.74) is 1.07. The minimum atomic E-state index is 0.166. The second-order valence-corrected chi connectivity index (χ2v) is 4.82. The van der Waals surface area contributed by atoms with E-state index in [0.29, 0.717) is 18.1 Å².